The van der Waals surface area contributed by atoms with Gasteiger partial charge in [0.05, 0.1) is 25.2 Å². The van der Waals surface area contributed by atoms with E-state index in [-0.39, 0.29) is 0 Å². The molecule has 17 heavy (non-hydrogen) atoms. The van der Waals surface area contributed by atoms with Crippen LogP contribution in [-0.4, -0.2) is 23.6 Å². The van der Waals surface area contributed by atoms with E-state index in [0.717, 1.165) is 29.4 Å². The molecule has 1 aromatic carbocycles. The van der Waals surface area contributed by atoms with Crippen LogP contribution >= 0.6 is 0 Å². The molecule has 0 saturated carbocycles. The predicted molar refractivity (Wildman–Crippen MR) is 68.2 cm³/mol. The highest BCUT2D eigenvalue weighted by atomic mass is 16.5. The number of nitrogens with zero attached hydrogens (tertiary/aromatic N) is 2. The maximum Gasteiger partial charge on any atom is 0.145 e. The number of rotatable bonds is 4. The van der Waals surface area contributed by atoms with E-state index in [1.807, 2.05) is 31.2 Å². The molecule has 0 radical (unpaired) electrons. The molecule has 0 bridgehead atoms. The molecule has 0 spiro atoms. The van der Waals surface area contributed by atoms with Gasteiger partial charge in [0.25, 0.3) is 0 Å². The number of hydrogen-bond donors (Lipinski definition) is 1. The zero-order chi connectivity index (χ0) is 12.1. The molecule has 0 aliphatic rings. The van der Waals surface area contributed by atoms with E-state index in [4.69, 9.17) is 4.74 Å². The van der Waals surface area contributed by atoms with Crippen LogP contribution in [0, 0.1) is 0 Å². The van der Waals surface area contributed by atoms with Crippen LogP contribution < -0.4 is 10.1 Å². The first-order valence-electron chi connectivity index (χ1n) is 5.54. The highest BCUT2D eigenvalue weighted by Crippen LogP contribution is 2.27. The van der Waals surface area contributed by atoms with E-state index in [0.29, 0.717) is 0 Å². The lowest BCUT2D eigenvalue weighted by Crippen LogP contribution is -2.01. The fourth-order valence-corrected chi connectivity index (χ4v) is 1.62. The number of para-hydroxylation sites is 1. The molecule has 88 valence electrons. The number of benzene rings is 1. The molecule has 0 atom stereocenters. The maximum absolute atomic E-state index is 5.31. The van der Waals surface area contributed by atoms with E-state index in [9.17, 15) is 0 Å². The first kappa shape index (κ1) is 11.4. The lowest BCUT2D eigenvalue weighted by atomic mass is 10.1. The molecular weight excluding hydrogens is 214 g/mol. The maximum atomic E-state index is 5.31. The third-order valence-electron chi connectivity index (χ3n) is 2.38. The summed E-state index contributed by atoms with van der Waals surface area (Å²) in [6.07, 6.45) is 3.45. The molecule has 0 aliphatic heterocycles. The van der Waals surface area contributed by atoms with Crippen molar-refractivity contribution in [3.8, 4) is 17.0 Å². The quantitative estimate of drug-likeness (QED) is 0.875. The van der Waals surface area contributed by atoms with Gasteiger partial charge in [0.2, 0.25) is 0 Å². The van der Waals surface area contributed by atoms with E-state index in [1.165, 1.54) is 0 Å². The third-order valence-corrected chi connectivity index (χ3v) is 2.38. The number of anilines is 1. The van der Waals surface area contributed by atoms with Crippen molar-refractivity contribution in [1.82, 2.24) is 9.97 Å². The van der Waals surface area contributed by atoms with Gasteiger partial charge in [0, 0.05) is 12.1 Å². The average Bonchev–Trinajstić information content (AvgIpc) is 2.39. The number of hydrogen-bond acceptors (Lipinski definition) is 4. The standard InChI is InChI=1S/C13H15N3O/c1-3-15-13-9-14-8-11(16-13)10-6-4-5-7-12(10)17-2/h4-9H,3H2,1-2H3,(H,15,16). The Hall–Kier alpha value is -2.10. The van der Waals surface area contributed by atoms with Crippen molar-refractivity contribution in [3.05, 3.63) is 36.7 Å². The lowest BCUT2D eigenvalue weighted by molar-refractivity contribution is 0.416. The van der Waals surface area contributed by atoms with Crippen LogP contribution in [0.5, 0.6) is 5.75 Å². The summed E-state index contributed by atoms with van der Waals surface area (Å²) in [4.78, 5) is 8.66. The van der Waals surface area contributed by atoms with Gasteiger partial charge in [-0.05, 0) is 19.1 Å². The molecule has 0 saturated heterocycles. The number of methoxy groups -OCH3 is 1. The van der Waals surface area contributed by atoms with Crippen LogP contribution in [0.15, 0.2) is 36.7 Å². The Morgan fingerprint density at radius 3 is 2.82 bits per heavy atom. The molecule has 1 heterocycles. The predicted octanol–water partition coefficient (Wildman–Crippen LogP) is 2.58. The molecule has 4 nitrogen and oxygen atoms in total. The molecule has 0 unspecified atom stereocenters. The van der Waals surface area contributed by atoms with Gasteiger partial charge in [0.1, 0.15) is 11.6 Å². The van der Waals surface area contributed by atoms with Gasteiger partial charge in [-0.15, -0.1) is 0 Å². The fraction of sp³-hybridized carbons (Fsp3) is 0.231. The first-order valence-corrected chi connectivity index (χ1v) is 5.54. The highest BCUT2D eigenvalue weighted by molar-refractivity contribution is 5.67. The lowest BCUT2D eigenvalue weighted by Gasteiger charge is -2.08. The molecule has 2 rings (SSSR count). The van der Waals surface area contributed by atoms with Crippen molar-refractivity contribution < 1.29 is 4.74 Å². The van der Waals surface area contributed by atoms with Gasteiger partial charge >= 0.3 is 0 Å². The largest absolute Gasteiger partial charge is 0.496 e. The summed E-state index contributed by atoms with van der Waals surface area (Å²) in [5.74, 6) is 1.58. The Morgan fingerprint density at radius 1 is 1.24 bits per heavy atom. The Bertz CT molecular complexity index is 500. The molecule has 4 heteroatoms. The van der Waals surface area contributed by atoms with Crippen molar-refractivity contribution in [1.29, 1.82) is 0 Å². The Kier molecular flexibility index (Phi) is 3.55. The minimum absolute atomic E-state index is 0.774. The summed E-state index contributed by atoms with van der Waals surface area (Å²) < 4.78 is 5.31. The molecule has 2 aromatic rings. The van der Waals surface area contributed by atoms with Gasteiger partial charge in [-0.2, -0.15) is 0 Å². The summed E-state index contributed by atoms with van der Waals surface area (Å²) in [5.41, 5.74) is 1.75. The molecule has 1 N–H and O–H groups in total. The summed E-state index contributed by atoms with van der Waals surface area (Å²) in [7, 11) is 1.65. The number of ether oxygens (including phenoxy) is 1. The van der Waals surface area contributed by atoms with Crippen LogP contribution in [-0.2, 0) is 0 Å². The van der Waals surface area contributed by atoms with E-state index in [2.05, 4.69) is 15.3 Å². The highest BCUT2D eigenvalue weighted by Gasteiger charge is 2.06. The van der Waals surface area contributed by atoms with Crippen molar-refractivity contribution in [2.24, 2.45) is 0 Å². The SMILES string of the molecule is CCNc1cncc(-c2ccccc2OC)n1. The van der Waals surface area contributed by atoms with Gasteiger partial charge in [-0.1, -0.05) is 12.1 Å². The normalized spacial score (nSPS) is 10.0. The zero-order valence-electron chi connectivity index (χ0n) is 9.97. The molecule has 0 fully saturated rings. The molecule has 0 amide bonds. The second kappa shape index (κ2) is 5.30. The van der Waals surface area contributed by atoms with Crippen LogP contribution in [0.2, 0.25) is 0 Å². The smallest absolute Gasteiger partial charge is 0.145 e. The van der Waals surface area contributed by atoms with Crippen molar-refractivity contribution in [2.75, 3.05) is 19.0 Å². The average molecular weight is 229 g/mol. The van der Waals surface area contributed by atoms with Crippen molar-refractivity contribution in [2.45, 2.75) is 6.92 Å². The zero-order valence-corrected chi connectivity index (χ0v) is 9.97. The number of aromatic nitrogens is 2. The first-order chi connectivity index (χ1) is 8.35. The second-order valence-corrected chi connectivity index (χ2v) is 3.52. The van der Waals surface area contributed by atoms with Crippen molar-refractivity contribution in [3.63, 3.8) is 0 Å². The van der Waals surface area contributed by atoms with E-state index in [1.54, 1.807) is 19.5 Å². The Balaban J connectivity index is 2.41. The van der Waals surface area contributed by atoms with Gasteiger partial charge in [-0.3, -0.25) is 4.98 Å². The topological polar surface area (TPSA) is 47.0 Å². The van der Waals surface area contributed by atoms with Crippen LogP contribution in [0.1, 0.15) is 6.92 Å². The summed E-state index contributed by atoms with van der Waals surface area (Å²) in [5, 5.41) is 3.14. The summed E-state index contributed by atoms with van der Waals surface area (Å²) >= 11 is 0. The third kappa shape index (κ3) is 2.53. The van der Waals surface area contributed by atoms with Crippen LogP contribution in [0.25, 0.3) is 11.3 Å². The van der Waals surface area contributed by atoms with Crippen LogP contribution in [0.4, 0.5) is 5.82 Å². The molecule has 1 aromatic heterocycles. The van der Waals surface area contributed by atoms with Gasteiger partial charge in [-0.25, -0.2) is 4.98 Å². The Morgan fingerprint density at radius 2 is 2.06 bits per heavy atom. The minimum Gasteiger partial charge on any atom is -0.496 e. The molecule has 0 aliphatic carbocycles. The molecular formula is C13H15N3O. The minimum atomic E-state index is 0.774. The van der Waals surface area contributed by atoms with E-state index >= 15 is 0 Å². The van der Waals surface area contributed by atoms with E-state index < -0.39 is 0 Å². The monoisotopic (exact) mass is 229 g/mol. The van der Waals surface area contributed by atoms with Gasteiger partial charge in [0.15, 0.2) is 0 Å². The summed E-state index contributed by atoms with van der Waals surface area (Å²) in [6, 6.07) is 7.78. The Labute approximate surface area is 101 Å². The summed E-state index contributed by atoms with van der Waals surface area (Å²) in [6.45, 7) is 2.85. The second-order valence-electron chi connectivity index (χ2n) is 3.52. The van der Waals surface area contributed by atoms with Crippen LogP contribution in [0.3, 0.4) is 0 Å². The van der Waals surface area contributed by atoms with Crippen molar-refractivity contribution >= 4 is 5.82 Å². The van der Waals surface area contributed by atoms with Gasteiger partial charge < -0.3 is 10.1 Å². The number of nitrogens with one attached hydrogen (secondary N) is 1. The fourth-order valence-electron chi connectivity index (χ4n) is 1.62.